The molecule has 0 aliphatic carbocycles. The van der Waals surface area contributed by atoms with E-state index < -0.39 is 40.5 Å². The van der Waals surface area contributed by atoms with Crippen LogP contribution in [-0.2, 0) is 0 Å². The number of amides is 1. The van der Waals surface area contributed by atoms with Gasteiger partial charge in [-0.3, -0.25) is 10.1 Å². The summed E-state index contributed by atoms with van der Waals surface area (Å²) in [5.74, 6) is -9.72. The van der Waals surface area contributed by atoms with Crippen molar-refractivity contribution in [1.82, 2.24) is 5.32 Å². The maximum atomic E-state index is 13.9. The number of anilines is 1. The summed E-state index contributed by atoms with van der Waals surface area (Å²) in [7, 11) is 2.27. The van der Waals surface area contributed by atoms with Gasteiger partial charge < -0.3 is 14.8 Å². The molecular weight excluding hydrogens is 376 g/mol. The van der Waals surface area contributed by atoms with Gasteiger partial charge in [-0.25, -0.2) is 8.78 Å². The minimum atomic E-state index is -1.90. The predicted octanol–water partition coefficient (Wildman–Crippen LogP) is 3.39. The van der Waals surface area contributed by atoms with E-state index in [-0.39, 0.29) is 5.11 Å². The fourth-order valence-corrected chi connectivity index (χ4v) is 2.23. The van der Waals surface area contributed by atoms with E-state index in [2.05, 4.69) is 10.1 Å². The lowest BCUT2D eigenvalue weighted by atomic mass is 10.1. The molecule has 0 aliphatic heterocycles. The molecule has 0 aliphatic rings. The van der Waals surface area contributed by atoms with Crippen LogP contribution >= 0.6 is 12.2 Å². The molecule has 0 heterocycles. The number of ether oxygens (including phenoxy) is 2. The summed E-state index contributed by atoms with van der Waals surface area (Å²) in [5, 5.41) is 4.16. The van der Waals surface area contributed by atoms with Gasteiger partial charge in [0.25, 0.3) is 5.91 Å². The molecule has 2 N–H and O–H groups in total. The fourth-order valence-electron chi connectivity index (χ4n) is 2.02. The largest absolute Gasteiger partial charge is 0.497 e. The Labute approximate surface area is 150 Å². The molecule has 0 radical (unpaired) electrons. The topological polar surface area (TPSA) is 59.6 Å². The lowest BCUT2D eigenvalue weighted by molar-refractivity contribution is 0.0966. The zero-order valence-electron chi connectivity index (χ0n) is 13.5. The molecule has 0 saturated carbocycles. The highest BCUT2D eigenvalue weighted by Gasteiger charge is 2.30. The van der Waals surface area contributed by atoms with Crippen molar-refractivity contribution in [3.8, 4) is 11.5 Å². The summed E-state index contributed by atoms with van der Waals surface area (Å²) < 4.78 is 64.4. The van der Waals surface area contributed by atoms with E-state index in [1.807, 2.05) is 5.32 Å². The SMILES string of the molecule is COc1cccc(NC(=S)NC(=O)c2c(F)c(F)c(OC)c(F)c2F)c1. The van der Waals surface area contributed by atoms with E-state index in [9.17, 15) is 22.4 Å². The summed E-state index contributed by atoms with van der Waals surface area (Å²) in [6.07, 6.45) is 0. The van der Waals surface area contributed by atoms with Crippen LogP contribution in [0.25, 0.3) is 0 Å². The molecule has 26 heavy (non-hydrogen) atoms. The van der Waals surface area contributed by atoms with E-state index in [1.54, 1.807) is 18.2 Å². The van der Waals surface area contributed by atoms with E-state index in [1.165, 1.54) is 13.2 Å². The number of carbonyl (C=O) groups excluding carboxylic acids is 1. The molecule has 0 spiro atoms. The molecule has 0 saturated heterocycles. The second-order valence-electron chi connectivity index (χ2n) is 4.80. The monoisotopic (exact) mass is 388 g/mol. The van der Waals surface area contributed by atoms with E-state index in [4.69, 9.17) is 17.0 Å². The highest BCUT2D eigenvalue weighted by molar-refractivity contribution is 7.80. The third-order valence-electron chi connectivity index (χ3n) is 3.21. The molecule has 0 aromatic heterocycles. The Bertz CT molecular complexity index is 848. The molecule has 2 aromatic rings. The second kappa shape index (κ2) is 8.00. The van der Waals surface area contributed by atoms with Crippen molar-refractivity contribution in [2.45, 2.75) is 0 Å². The number of rotatable bonds is 4. The van der Waals surface area contributed by atoms with E-state index in [0.717, 1.165) is 7.11 Å². The van der Waals surface area contributed by atoms with Crippen molar-refractivity contribution >= 4 is 28.9 Å². The quantitative estimate of drug-likeness (QED) is 0.478. The predicted molar refractivity (Wildman–Crippen MR) is 89.5 cm³/mol. The number of halogens is 4. The molecule has 0 unspecified atom stereocenters. The van der Waals surface area contributed by atoms with Gasteiger partial charge in [-0.15, -0.1) is 0 Å². The summed E-state index contributed by atoms with van der Waals surface area (Å²) in [6.45, 7) is 0. The summed E-state index contributed by atoms with van der Waals surface area (Å²) in [5.41, 5.74) is -1.06. The zero-order valence-corrected chi connectivity index (χ0v) is 14.3. The van der Waals surface area contributed by atoms with E-state index in [0.29, 0.717) is 11.4 Å². The first-order valence-corrected chi connectivity index (χ1v) is 7.37. The number of thiocarbonyl (C=S) groups is 1. The van der Waals surface area contributed by atoms with Crippen molar-refractivity contribution in [3.05, 3.63) is 53.1 Å². The molecule has 2 rings (SSSR count). The lowest BCUT2D eigenvalue weighted by Crippen LogP contribution is -2.35. The molecule has 0 fully saturated rings. The van der Waals surface area contributed by atoms with Crippen molar-refractivity contribution in [2.24, 2.45) is 0 Å². The third kappa shape index (κ3) is 3.85. The van der Waals surface area contributed by atoms with Gasteiger partial charge in [-0.05, 0) is 24.4 Å². The van der Waals surface area contributed by atoms with Gasteiger partial charge in [0.1, 0.15) is 11.3 Å². The van der Waals surface area contributed by atoms with Crippen molar-refractivity contribution < 1.29 is 31.8 Å². The number of nitrogens with one attached hydrogen (secondary N) is 2. The number of methoxy groups -OCH3 is 2. The average molecular weight is 388 g/mol. The van der Waals surface area contributed by atoms with Crippen molar-refractivity contribution in [3.63, 3.8) is 0 Å². The first-order valence-electron chi connectivity index (χ1n) is 6.96. The van der Waals surface area contributed by atoms with Crippen LogP contribution in [0.1, 0.15) is 10.4 Å². The molecule has 5 nitrogen and oxygen atoms in total. The Balaban J connectivity index is 2.23. The minimum Gasteiger partial charge on any atom is -0.497 e. The van der Waals surface area contributed by atoms with Crippen LogP contribution in [0.15, 0.2) is 24.3 Å². The number of benzene rings is 2. The molecule has 0 bridgehead atoms. The fraction of sp³-hybridized carbons (Fsp3) is 0.125. The minimum absolute atomic E-state index is 0.348. The van der Waals surface area contributed by atoms with Gasteiger partial charge >= 0.3 is 0 Å². The highest BCUT2D eigenvalue weighted by atomic mass is 32.1. The van der Waals surface area contributed by atoms with Gasteiger partial charge in [0.05, 0.1) is 14.2 Å². The lowest BCUT2D eigenvalue weighted by Gasteiger charge is -2.13. The van der Waals surface area contributed by atoms with Gasteiger partial charge in [-0.2, -0.15) is 8.78 Å². The van der Waals surface area contributed by atoms with Crippen LogP contribution in [0, 0.1) is 23.3 Å². The van der Waals surface area contributed by atoms with Gasteiger partial charge in [0.15, 0.2) is 22.5 Å². The number of hydrogen-bond acceptors (Lipinski definition) is 4. The van der Waals surface area contributed by atoms with E-state index >= 15 is 0 Å². The molecule has 138 valence electrons. The Kier molecular flexibility index (Phi) is 5.98. The molecular formula is C16H12F4N2O3S. The smallest absolute Gasteiger partial charge is 0.263 e. The van der Waals surface area contributed by atoms with Crippen LogP contribution in [0.2, 0.25) is 0 Å². The Morgan fingerprint density at radius 3 is 2.15 bits per heavy atom. The van der Waals surface area contributed by atoms with Gasteiger partial charge in [-0.1, -0.05) is 6.07 Å². The zero-order chi connectivity index (χ0) is 19.4. The average Bonchev–Trinajstić information content (AvgIpc) is 2.60. The summed E-state index contributed by atoms with van der Waals surface area (Å²) in [4.78, 5) is 12.0. The Hall–Kier alpha value is -2.88. The molecule has 1 amide bonds. The van der Waals surface area contributed by atoms with Crippen molar-refractivity contribution in [1.29, 1.82) is 0 Å². The standard InChI is InChI=1S/C16H12F4N2O3S/c1-24-8-5-3-4-7(6-8)21-16(26)22-15(23)9-10(17)12(19)14(25-2)13(20)11(9)18/h3-6H,1-2H3,(H2,21,22,23,26). The van der Waals surface area contributed by atoms with Gasteiger partial charge in [0.2, 0.25) is 11.6 Å². The Morgan fingerprint density at radius 2 is 1.62 bits per heavy atom. The normalized spacial score (nSPS) is 10.2. The van der Waals surface area contributed by atoms with Gasteiger partial charge in [0, 0.05) is 11.8 Å². The summed E-state index contributed by atoms with van der Waals surface area (Å²) in [6, 6.07) is 6.39. The maximum Gasteiger partial charge on any atom is 0.263 e. The van der Waals surface area contributed by atoms with Crippen LogP contribution in [0.4, 0.5) is 23.2 Å². The third-order valence-corrected chi connectivity index (χ3v) is 3.41. The first kappa shape index (κ1) is 19.4. The van der Waals surface area contributed by atoms with Crippen molar-refractivity contribution in [2.75, 3.05) is 19.5 Å². The number of hydrogen-bond donors (Lipinski definition) is 2. The number of carbonyl (C=O) groups is 1. The van der Waals surface area contributed by atoms with Crippen LogP contribution in [0.3, 0.4) is 0 Å². The van der Waals surface area contributed by atoms with Crippen LogP contribution < -0.4 is 20.1 Å². The highest BCUT2D eigenvalue weighted by Crippen LogP contribution is 2.29. The second-order valence-corrected chi connectivity index (χ2v) is 5.21. The first-order chi connectivity index (χ1) is 12.3. The van der Waals surface area contributed by atoms with Crippen LogP contribution in [0.5, 0.6) is 11.5 Å². The Morgan fingerprint density at radius 1 is 1.00 bits per heavy atom. The molecule has 0 atom stereocenters. The maximum absolute atomic E-state index is 13.9. The van der Waals surface area contributed by atoms with Crippen LogP contribution in [-0.4, -0.2) is 25.2 Å². The summed E-state index contributed by atoms with van der Waals surface area (Å²) >= 11 is 4.85. The molecule has 10 heteroatoms. The molecule has 2 aromatic carbocycles.